The quantitative estimate of drug-likeness (QED) is 0.666. The van der Waals surface area contributed by atoms with Crippen molar-refractivity contribution >= 4 is 8.32 Å². The molecule has 0 aromatic heterocycles. The number of hydrogen-bond donors (Lipinski definition) is 1. The molecule has 1 saturated heterocycles. The predicted octanol–water partition coefficient (Wildman–Crippen LogP) is 3.03. The molecule has 1 N–H and O–H groups in total. The van der Waals surface area contributed by atoms with Gasteiger partial charge in [-0.2, -0.15) is 0 Å². The van der Waals surface area contributed by atoms with Crippen LogP contribution in [0, 0.1) is 0 Å². The monoisotopic (exact) mass is 290 g/mol. The van der Waals surface area contributed by atoms with E-state index in [1.165, 1.54) is 5.56 Å². The number of rotatable bonds is 5. The Kier molecular flexibility index (Phi) is 5.02. The van der Waals surface area contributed by atoms with E-state index >= 15 is 0 Å². The maximum atomic E-state index is 6.00. The van der Waals surface area contributed by atoms with E-state index in [0.29, 0.717) is 6.04 Å². The highest BCUT2D eigenvalue weighted by Gasteiger charge is 2.20. The Morgan fingerprint density at radius 2 is 1.80 bits per heavy atom. The molecule has 1 heterocycles. The van der Waals surface area contributed by atoms with Crippen LogP contribution < -0.4 is 9.74 Å². The van der Waals surface area contributed by atoms with Crippen molar-refractivity contribution in [2.75, 3.05) is 26.2 Å². The van der Waals surface area contributed by atoms with Gasteiger partial charge < -0.3 is 9.74 Å². The van der Waals surface area contributed by atoms with Gasteiger partial charge in [-0.25, -0.2) is 0 Å². The average Bonchev–Trinajstić information content (AvgIpc) is 2.41. The Bertz CT molecular complexity index is 433. The van der Waals surface area contributed by atoms with Gasteiger partial charge in [0, 0.05) is 26.2 Å². The molecule has 0 unspecified atom stereocenters. The minimum atomic E-state index is -1.52. The number of piperazine rings is 1. The molecule has 3 nitrogen and oxygen atoms in total. The number of nitrogens with one attached hydrogen (secondary N) is 1. The topological polar surface area (TPSA) is 24.5 Å². The smallest absolute Gasteiger partial charge is 0.242 e. The van der Waals surface area contributed by atoms with Gasteiger partial charge in [0.05, 0.1) is 6.04 Å². The van der Waals surface area contributed by atoms with Crippen LogP contribution in [0.15, 0.2) is 36.9 Å². The molecule has 4 heteroatoms. The molecule has 1 aliphatic rings. The molecule has 1 fully saturated rings. The molecule has 20 heavy (non-hydrogen) atoms. The minimum absolute atomic E-state index is 0.304. The fourth-order valence-corrected chi connectivity index (χ4v) is 3.39. The van der Waals surface area contributed by atoms with Crippen LogP contribution in [0.5, 0.6) is 5.75 Å². The zero-order chi connectivity index (χ0) is 14.6. The van der Waals surface area contributed by atoms with Crippen molar-refractivity contribution in [3.8, 4) is 5.75 Å². The normalized spacial score (nSPS) is 18.6. The third-order valence-electron chi connectivity index (χ3n) is 3.41. The van der Waals surface area contributed by atoms with E-state index in [2.05, 4.69) is 60.7 Å². The zero-order valence-electron chi connectivity index (χ0n) is 12.9. The lowest BCUT2D eigenvalue weighted by Gasteiger charge is -2.33. The van der Waals surface area contributed by atoms with E-state index in [1.807, 2.05) is 6.08 Å². The van der Waals surface area contributed by atoms with E-state index in [0.717, 1.165) is 31.9 Å². The lowest BCUT2D eigenvalue weighted by atomic mass is 10.0. The SMILES string of the molecule is C=C[C@H](c1ccc(O[Si](C)(C)C)cc1)N1CCNCC1. The van der Waals surface area contributed by atoms with Crippen molar-refractivity contribution in [1.82, 2.24) is 10.2 Å². The van der Waals surface area contributed by atoms with Gasteiger partial charge in [-0.15, -0.1) is 6.58 Å². The van der Waals surface area contributed by atoms with Crippen LogP contribution in [-0.4, -0.2) is 39.4 Å². The Balaban J connectivity index is 2.08. The van der Waals surface area contributed by atoms with E-state index < -0.39 is 8.32 Å². The lowest BCUT2D eigenvalue weighted by molar-refractivity contribution is 0.203. The molecular weight excluding hydrogens is 264 g/mol. The average molecular weight is 290 g/mol. The predicted molar refractivity (Wildman–Crippen MR) is 87.8 cm³/mol. The molecular formula is C16H26N2OSi. The first-order valence-corrected chi connectivity index (χ1v) is 10.8. The number of benzene rings is 1. The lowest BCUT2D eigenvalue weighted by Crippen LogP contribution is -2.44. The highest BCUT2D eigenvalue weighted by atomic mass is 28.4. The van der Waals surface area contributed by atoms with Gasteiger partial charge in [0.15, 0.2) is 0 Å². The molecule has 0 bridgehead atoms. The van der Waals surface area contributed by atoms with Crippen LogP contribution in [0.1, 0.15) is 11.6 Å². The molecule has 0 radical (unpaired) electrons. The van der Waals surface area contributed by atoms with Gasteiger partial charge in [-0.1, -0.05) is 18.2 Å². The summed E-state index contributed by atoms with van der Waals surface area (Å²) in [6.45, 7) is 14.9. The maximum absolute atomic E-state index is 6.00. The van der Waals surface area contributed by atoms with Crippen LogP contribution in [0.3, 0.4) is 0 Å². The third kappa shape index (κ3) is 4.20. The summed E-state index contributed by atoms with van der Waals surface area (Å²) < 4.78 is 6.00. The molecule has 0 aliphatic carbocycles. The van der Waals surface area contributed by atoms with Crippen molar-refractivity contribution in [2.24, 2.45) is 0 Å². The summed E-state index contributed by atoms with van der Waals surface area (Å²) >= 11 is 0. The molecule has 1 atom stereocenters. The van der Waals surface area contributed by atoms with Crippen molar-refractivity contribution in [1.29, 1.82) is 0 Å². The van der Waals surface area contributed by atoms with Crippen molar-refractivity contribution in [3.63, 3.8) is 0 Å². The Morgan fingerprint density at radius 1 is 1.20 bits per heavy atom. The van der Waals surface area contributed by atoms with Crippen LogP contribution in [0.4, 0.5) is 0 Å². The highest BCUT2D eigenvalue weighted by Crippen LogP contribution is 2.25. The maximum Gasteiger partial charge on any atom is 0.242 e. The summed E-state index contributed by atoms with van der Waals surface area (Å²) in [4.78, 5) is 2.47. The van der Waals surface area contributed by atoms with Gasteiger partial charge in [0.25, 0.3) is 0 Å². The Hall–Kier alpha value is -1.10. The van der Waals surface area contributed by atoms with Crippen molar-refractivity contribution in [3.05, 3.63) is 42.5 Å². The largest absolute Gasteiger partial charge is 0.544 e. The number of hydrogen-bond acceptors (Lipinski definition) is 3. The van der Waals surface area contributed by atoms with E-state index in [4.69, 9.17) is 4.43 Å². The fraction of sp³-hybridized carbons (Fsp3) is 0.500. The molecule has 0 spiro atoms. The van der Waals surface area contributed by atoms with E-state index in [-0.39, 0.29) is 0 Å². The highest BCUT2D eigenvalue weighted by molar-refractivity contribution is 6.70. The molecule has 1 aliphatic heterocycles. The standard InChI is InChI=1S/C16H26N2OSi/c1-5-16(18-12-10-17-11-13-18)14-6-8-15(9-7-14)19-20(2,3)4/h5-9,16-17H,1,10-13H2,2-4H3/t16-/m1/s1. The van der Waals surface area contributed by atoms with Gasteiger partial charge in [-0.05, 0) is 37.3 Å². The molecule has 110 valence electrons. The molecule has 1 aromatic rings. The molecule has 1 aromatic carbocycles. The number of nitrogens with zero attached hydrogens (tertiary/aromatic N) is 1. The Morgan fingerprint density at radius 3 is 2.30 bits per heavy atom. The first-order valence-electron chi connectivity index (χ1n) is 7.36. The van der Waals surface area contributed by atoms with Crippen molar-refractivity contribution in [2.45, 2.75) is 25.7 Å². The van der Waals surface area contributed by atoms with Crippen LogP contribution in [-0.2, 0) is 0 Å². The third-order valence-corrected chi connectivity index (χ3v) is 4.26. The fourth-order valence-electron chi connectivity index (χ4n) is 2.54. The van der Waals surface area contributed by atoms with E-state index in [9.17, 15) is 0 Å². The first-order chi connectivity index (χ1) is 9.49. The Labute approximate surface area is 123 Å². The van der Waals surface area contributed by atoms with Gasteiger partial charge >= 0.3 is 0 Å². The van der Waals surface area contributed by atoms with Crippen LogP contribution in [0.25, 0.3) is 0 Å². The molecule has 2 rings (SSSR count). The van der Waals surface area contributed by atoms with Gasteiger partial charge in [0.2, 0.25) is 8.32 Å². The summed E-state index contributed by atoms with van der Waals surface area (Å²) in [5.41, 5.74) is 1.30. The summed E-state index contributed by atoms with van der Waals surface area (Å²) in [6, 6.07) is 8.82. The second kappa shape index (κ2) is 6.57. The molecule has 0 saturated carbocycles. The summed E-state index contributed by atoms with van der Waals surface area (Å²) in [7, 11) is -1.52. The zero-order valence-corrected chi connectivity index (χ0v) is 13.9. The molecule has 0 amide bonds. The van der Waals surface area contributed by atoms with Gasteiger partial charge in [-0.3, -0.25) is 4.90 Å². The van der Waals surface area contributed by atoms with Crippen LogP contribution >= 0.6 is 0 Å². The van der Waals surface area contributed by atoms with Gasteiger partial charge in [0.1, 0.15) is 5.75 Å². The second-order valence-corrected chi connectivity index (χ2v) is 10.7. The summed E-state index contributed by atoms with van der Waals surface area (Å²) in [5, 5.41) is 3.39. The summed E-state index contributed by atoms with van der Waals surface area (Å²) in [5.74, 6) is 0.982. The first kappa shape index (κ1) is 15.3. The van der Waals surface area contributed by atoms with Crippen molar-refractivity contribution < 1.29 is 4.43 Å². The minimum Gasteiger partial charge on any atom is -0.544 e. The van der Waals surface area contributed by atoms with Crippen LogP contribution in [0.2, 0.25) is 19.6 Å². The summed E-state index contributed by atoms with van der Waals surface area (Å²) in [6.07, 6.45) is 2.04. The van der Waals surface area contributed by atoms with E-state index in [1.54, 1.807) is 0 Å². The second-order valence-electron chi connectivity index (χ2n) is 6.25.